The molecule has 0 unspecified atom stereocenters. The molecule has 0 aliphatic carbocycles. The van der Waals surface area contributed by atoms with Crippen molar-refractivity contribution in [1.82, 2.24) is 0 Å². The number of alkyl halides is 6. The molecule has 0 saturated heterocycles. The zero-order valence-electron chi connectivity index (χ0n) is 14.9. The molecule has 4 nitrogen and oxygen atoms in total. The summed E-state index contributed by atoms with van der Waals surface area (Å²) in [4.78, 5) is 12.2. The van der Waals surface area contributed by atoms with Gasteiger partial charge >= 0.3 is 11.7 Å². The van der Waals surface area contributed by atoms with Crippen LogP contribution < -0.4 is 10.1 Å². The number of hydrogen-bond acceptors (Lipinski definition) is 4. The Kier molecular flexibility index (Phi) is 7.42. The Hall–Kier alpha value is -2.40. The van der Waals surface area contributed by atoms with E-state index in [9.17, 15) is 31.1 Å². The maximum atomic E-state index is 13.0. The van der Waals surface area contributed by atoms with E-state index in [0.717, 1.165) is 36.4 Å². The van der Waals surface area contributed by atoms with Gasteiger partial charge in [0.05, 0.1) is 17.9 Å². The molecule has 1 amide bonds. The Morgan fingerprint density at radius 3 is 2.21 bits per heavy atom. The minimum absolute atomic E-state index is 0.00681. The summed E-state index contributed by atoms with van der Waals surface area (Å²) in [6.07, 6.45) is -4.64. The van der Waals surface area contributed by atoms with E-state index >= 15 is 0 Å². The van der Waals surface area contributed by atoms with Gasteiger partial charge in [0.1, 0.15) is 12.4 Å². The molecule has 0 radical (unpaired) electrons. The van der Waals surface area contributed by atoms with E-state index in [4.69, 9.17) is 9.47 Å². The molecule has 2 rings (SSSR count). The molecule has 0 atom stereocenters. The van der Waals surface area contributed by atoms with Crippen LogP contribution in [0.1, 0.15) is 15.9 Å². The number of amides is 1. The molecular weight excluding hydrogens is 424 g/mol. The summed E-state index contributed by atoms with van der Waals surface area (Å²) in [5, 5.41) is 2.30. The predicted molar refractivity (Wildman–Crippen MR) is 95.1 cm³/mol. The fourth-order valence-corrected chi connectivity index (χ4v) is 2.71. The van der Waals surface area contributed by atoms with Gasteiger partial charge in [0.25, 0.3) is 5.91 Å². The van der Waals surface area contributed by atoms with Crippen LogP contribution in [0.15, 0.2) is 47.4 Å². The smallest absolute Gasteiger partial charge is 0.446 e. The van der Waals surface area contributed by atoms with Gasteiger partial charge in [0.2, 0.25) is 0 Å². The van der Waals surface area contributed by atoms with E-state index < -0.39 is 23.2 Å². The van der Waals surface area contributed by atoms with Gasteiger partial charge < -0.3 is 14.8 Å². The summed E-state index contributed by atoms with van der Waals surface area (Å²) in [6.45, 7) is 0.209. The second kappa shape index (κ2) is 9.40. The molecule has 0 fully saturated rings. The number of carbonyl (C=O) groups is 1. The van der Waals surface area contributed by atoms with Crippen LogP contribution in [-0.2, 0) is 10.9 Å². The number of halogens is 6. The molecule has 11 heteroatoms. The van der Waals surface area contributed by atoms with Crippen molar-refractivity contribution in [3.05, 3.63) is 53.6 Å². The van der Waals surface area contributed by atoms with Gasteiger partial charge in [0.15, 0.2) is 0 Å². The zero-order chi connectivity index (χ0) is 21.7. The summed E-state index contributed by atoms with van der Waals surface area (Å²) >= 11 is -0.345. The first-order valence-electron chi connectivity index (χ1n) is 8.00. The van der Waals surface area contributed by atoms with Crippen molar-refractivity contribution in [1.29, 1.82) is 0 Å². The minimum atomic E-state index is -4.64. The Balaban J connectivity index is 2.22. The van der Waals surface area contributed by atoms with Gasteiger partial charge in [-0.15, -0.1) is 0 Å². The van der Waals surface area contributed by atoms with E-state index in [1.807, 2.05) is 0 Å². The van der Waals surface area contributed by atoms with Gasteiger partial charge in [0, 0.05) is 17.6 Å². The van der Waals surface area contributed by atoms with Gasteiger partial charge in [-0.2, -0.15) is 26.3 Å². The molecule has 0 aliphatic heterocycles. The first-order chi connectivity index (χ1) is 13.5. The van der Waals surface area contributed by atoms with Crippen molar-refractivity contribution in [3.63, 3.8) is 0 Å². The van der Waals surface area contributed by atoms with Crippen LogP contribution in [0.3, 0.4) is 0 Å². The third kappa shape index (κ3) is 7.17. The number of ether oxygens (including phenoxy) is 2. The molecule has 0 heterocycles. The molecule has 0 bridgehead atoms. The number of anilines is 1. The van der Waals surface area contributed by atoms with Crippen LogP contribution in [-0.4, -0.2) is 31.7 Å². The Morgan fingerprint density at radius 2 is 1.66 bits per heavy atom. The number of methoxy groups -OCH3 is 1. The number of nitrogens with one attached hydrogen (secondary N) is 1. The standard InChI is InChI=1S/C18H15F6NO3S/c1-27-8-9-28-15-7-4-12(17(19,20)21)10-14(15)25-16(26)11-2-5-13(6-3-11)29-18(22,23)24/h2-7,10H,8-9H2,1H3,(H,25,26). The van der Waals surface area contributed by atoms with Gasteiger partial charge in [-0.25, -0.2) is 0 Å². The number of benzene rings is 2. The number of rotatable bonds is 7. The van der Waals surface area contributed by atoms with Crippen LogP contribution in [0.2, 0.25) is 0 Å². The highest BCUT2D eigenvalue weighted by Gasteiger charge is 2.32. The highest BCUT2D eigenvalue weighted by atomic mass is 32.2. The lowest BCUT2D eigenvalue weighted by atomic mass is 10.1. The third-order valence-electron chi connectivity index (χ3n) is 3.45. The molecule has 0 saturated carbocycles. The predicted octanol–water partition coefficient (Wildman–Crippen LogP) is 5.59. The molecule has 1 N–H and O–H groups in total. The van der Waals surface area contributed by atoms with Gasteiger partial charge in [-0.3, -0.25) is 4.79 Å². The summed E-state index contributed by atoms with van der Waals surface area (Å²) in [7, 11) is 1.42. The number of hydrogen-bond donors (Lipinski definition) is 1. The summed E-state index contributed by atoms with van der Waals surface area (Å²) in [5.41, 5.74) is -5.73. The quantitative estimate of drug-likeness (QED) is 0.347. The van der Waals surface area contributed by atoms with Crippen molar-refractivity contribution in [2.75, 3.05) is 25.6 Å². The maximum Gasteiger partial charge on any atom is 0.446 e. The second-order valence-corrected chi connectivity index (χ2v) is 6.71. The SMILES string of the molecule is COCCOc1ccc(C(F)(F)F)cc1NC(=O)c1ccc(SC(F)(F)F)cc1. The lowest BCUT2D eigenvalue weighted by Crippen LogP contribution is -2.15. The Labute approximate surface area is 166 Å². The van der Waals surface area contributed by atoms with E-state index in [-0.39, 0.29) is 46.9 Å². The van der Waals surface area contributed by atoms with Crippen LogP contribution in [0.5, 0.6) is 5.75 Å². The molecule has 158 valence electrons. The molecule has 0 aromatic heterocycles. The van der Waals surface area contributed by atoms with Gasteiger partial charge in [-0.1, -0.05) is 0 Å². The first kappa shape index (κ1) is 22.9. The fourth-order valence-electron chi connectivity index (χ4n) is 2.17. The maximum absolute atomic E-state index is 13.0. The van der Waals surface area contributed by atoms with Crippen molar-refractivity contribution in [3.8, 4) is 5.75 Å². The van der Waals surface area contributed by atoms with Crippen molar-refractivity contribution in [2.24, 2.45) is 0 Å². The average molecular weight is 439 g/mol. The van der Waals surface area contributed by atoms with Crippen LogP contribution in [0.4, 0.5) is 32.0 Å². The molecule has 2 aromatic rings. The van der Waals surface area contributed by atoms with E-state index in [2.05, 4.69) is 5.32 Å². The monoisotopic (exact) mass is 439 g/mol. The zero-order valence-corrected chi connectivity index (χ0v) is 15.7. The minimum Gasteiger partial charge on any atom is -0.489 e. The third-order valence-corrected chi connectivity index (χ3v) is 4.19. The lowest BCUT2D eigenvalue weighted by Gasteiger charge is -2.15. The lowest BCUT2D eigenvalue weighted by molar-refractivity contribution is -0.137. The van der Waals surface area contributed by atoms with E-state index in [0.29, 0.717) is 6.07 Å². The molecular formula is C18H15F6NO3S. The summed E-state index contributed by atoms with van der Waals surface area (Å²) in [5.74, 6) is -0.808. The van der Waals surface area contributed by atoms with Crippen molar-refractivity contribution in [2.45, 2.75) is 16.6 Å². The topological polar surface area (TPSA) is 47.6 Å². The van der Waals surface area contributed by atoms with Crippen molar-refractivity contribution >= 4 is 23.4 Å². The largest absolute Gasteiger partial charge is 0.489 e. The molecule has 29 heavy (non-hydrogen) atoms. The number of carbonyl (C=O) groups excluding carboxylic acids is 1. The van der Waals surface area contributed by atoms with Crippen LogP contribution in [0, 0.1) is 0 Å². The second-order valence-electron chi connectivity index (χ2n) is 5.58. The number of thioether (sulfide) groups is 1. The summed E-state index contributed by atoms with van der Waals surface area (Å²) < 4.78 is 86.1. The van der Waals surface area contributed by atoms with E-state index in [1.165, 1.54) is 7.11 Å². The first-order valence-corrected chi connectivity index (χ1v) is 8.81. The molecule has 0 spiro atoms. The Morgan fingerprint density at radius 1 is 1.00 bits per heavy atom. The van der Waals surface area contributed by atoms with Crippen LogP contribution in [0.25, 0.3) is 0 Å². The fraction of sp³-hybridized carbons (Fsp3) is 0.278. The normalized spacial score (nSPS) is 12.0. The van der Waals surface area contributed by atoms with Gasteiger partial charge in [-0.05, 0) is 54.2 Å². The van der Waals surface area contributed by atoms with Crippen molar-refractivity contribution < 1.29 is 40.6 Å². The average Bonchev–Trinajstić information content (AvgIpc) is 2.61. The molecule has 2 aromatic carbocycles. The molecule has 0 aliphatic rings. The highest BCUT2D eigenvalue weighted by molar-refractivity contribution is 8.00. The van der Waals surface area contributed by atoms with E-state index in [1.54, 1.807) is 0 Å². The summed E-state index contributed by atoms with van der Waals surface area (Å²) in [6, 6.07) is 7.06. The Bertz CT molecular complexity index is 837. The highest BCUT2D eigenvalue weighted by Crippen LogP contribution is 2.37. The van der Waals surface area contributed by atoms with Crippen LogP contribution >= 0.6 is 11.8 Å².